The average Bonchev–Trinajstić information content (AvgIpc) is 2.89. The molecule has 0 aromatic heterocycles. The molecule has 1 N–H and O–H groups in total. The number of hydrogen-bond acceptors (Lipinski definition) is 2. The van der Waals surface area contributed by atoms with Crippen LogP contribution in [0.4, 0.5) is 11.4 Å². The molecule has 0 radical (unpaired) electrons. The van der Waals surface area contributed by atoms with Crippen LogP contribution < -0.4 is 10.2 Å². The third-order valence-corrected chi connectivity index (χ3v) is 5.13. The van der Waals surface area contributed by atoms with E-state index in [-0.39, 0.29) is 17.7 Å². The number of amides is 2. The average molecular weight is 284 g/mol. The lowest BCUT2D eigenvalue weighted by atomic mass is 10.0. The number of nitrogens with zero attached hydrogens (tertiary/aromatic N) is 1. The van der Waals surface area contributed by atoms with Gasteiger partial charge in [0.05, 0.1) is 0 Å². The summed E-state index contributed by atoms with van der Waals surface area (Å²) < 4.78 is 0. The number of fused-ring (bicyclic) bond motifs is 1. The molecule has 4 rings (SSSR count). The molecule has 4 heteroatoms. The van der Waals surface area contributed by atoms with Gasteiger partial charge in [-0.3, -0.25) is 9.59 Å². The minimum Gasteiger partial charge on any atom is -0.326 e. The Morgan fingerprint density at radius 3 is 2.43 bits per heavy atom. The van der Waals surface area contributed by atoms with E-state index in [0.717, 1.165) is 49.0 Å². The van der Waals surface area contributed by atoms with E-state index in [1.54, 1.807) is 0 Å². The smallest absolute Gasteiger partial charge is 0.227 e. The molecular weight excluding hydrogens is 264 g/mol. The first-order chi connectivity index (χ1) is 10.2. The number of anilines is 2. The Hall–Kier alpha value is -1.84. The predicted molar refractivity (Wildman–Crippen MR) is 81.0 cm³/mol. The molecule has 2 unspecified atom stereocenters. The first-order valence-electron chi connectivity index (χ1n) is 7.92. The minimum absolute atomic E-state index is 0.159. The second kappa shape index (κ2) is 4.86. The van der Waals surface area contributed by atoms with Crippen molar-refractivity contribution in [1.29, 1.82) is 0 Å². The van der Waals surface area contributed by atoms with Crippen LogP contribution in [0.1, 0.15) is 32.1 Å². The third kappa shape index (κ3) is 2.43. The van der Waals surface area contributed by atoms with Gasteiger partial charge in [-0.2, -0.15) is 0 Å². The molecule has 1 heterocycles. The molecule has 1 aromatic carbocycles. The first-order valence-corrected chi connectivity index (χ1v) is 7.92. The van der Waals surface area contributed by atoms with E-state index in [2.05, 4.69) is 5.32 Å². The number of carbonyl (C=O) groups is 2. The topological polar surface area (TPSA) is 49.4 Å². The van der Waals surface area contributed by atoms with E-state index in [0.29, 0.717) is 6.42 Å². The number of carbonyl (C=O) groups excluding carboxylic acids is 2. The molecule has 1 aromatic rings. The highest BCUT2D eigenvalue weighted by Crippen LogP contribution is 2.54. The highest BCUT2D eigenvalue weighted by molar-refractivity contribution is 5.96. The second-order valence-electron chi connectivity index (χ2n) is 6.61. The van der Waals surface area contributed by atoms with Crippen LogP contribution in [0, 0.1) is 17.8 Å². The molecule has 1 aliphatic heterocycles. The minimum atomic E-state index is 0.159. The Morgan fingerprint density at radius 1 is 1.10 bits per heavy atom. The van der Waals surface area contributed by atoms with E-state index in [4.69, 9.17) is 0 Å². The van der Waals surface area contributed by atoms with E-state index >= 15 is 0 Å². The number of rotatable bonds is 3. The molecule has 110 valence electrons. The van der Waals surface area contributed by atoms with Gasteiger partial charge >= 0.3 is 0 Å². The number of benzene rings is 1. The first kappa shape index (κ1) is 12.9. The molecule has 2 aliphatic carbocycles. The Morgan fingerprint density at radius 2 is 1.81 bits per heavy atom. The van der Waals surface area contributed by atoms with Crippen molar-refractivity contribution >= 4 is 23.2 Å². The fraction of sp³-hybridized carbons (Fsp3) is 0.529. The summed E-state index contributed by atoms with van der Waals surface area (Å²) in [5.41, 5.74) is 1.76. The maximum absolute atomic E-state index is 12.2. The summed E-state index contributed by atoms with van der Waals surface area (Å²) in [5.74, 6) is 2.20. The van der Waals surface area contributed by atoms with Crippen LogP contribution in [0.5, 0.6) is 0 Å². The normalized spacial score (nSPS) is 30.4. The van der Waals surface area contributed by atoms with Crippen molar-refractivity contribution in [3.63, 3.8) is 0 Å². The molecule has 0 spiro atoms. The summed E-state index contributed by atoms with van der Waals surface area (Å²) in [4.78, 5) is 25.7. The summed E-state index contributed by atoms with van der Waals surface area (Å²) in [6.07, 6.45) is 5.04. The van der Waals surface area contributed by atoms with E-state index in [9.17, 15) is 9.59 Å². The van der Waals surface area contributed by atoms with Crippen LogP contribution in [0.3, 0.4) is 0 Å². The Bertz CT molecular complexity index is 571. The van der Waals surface area contributed by atoms with Gasteiger partial charge in [-0.1, -0.05) is 0 Å². The van der Waals surface area contributed by atoms with Crippen molar-refractivity contribution in [3.05, 3.63) is 24.3 Å². The largest absolute Gasteiger partial charge is 0.326 e. The summed E-state index contributed by atoms with van der Waals surface area (Å²) in [5, 5.41) is 3.01. The van der Waals surface area contributed by atoms with Gasteiger partial charge in [0.15, 0.2) is 0 Å². The van der Waals surface area contributed by atoms with Crippen molar-refractivity contribution in [2.24, 2.45) is 17.8 Å². The monoisotopic (exact) mass is 284 g/mol. The summed E-state index contributed by atoms with van der Waals surface area (Å²) >= 11 is 0. The Kier molecular flexibility index (Phi) is 2.98. The van der Waals surface area contributed by atoms with Gasteiger partial charge in [-0.25, -0.2) is 0 Å². The molecule has 1 saturated heterocycles. The molecule has 3 aliphatic rings. The van der Waals surface area contributed by atoms with Crippen molar-refractivity contribution in [2.45, 2.75) is 32.1 Å². The molecule has 3 fully saturated rings. The predicted octanol–water partition coefficient (Wildman–Crippen LogP) is 2.80. The zero-order chi connectivity index (χ0) is 14.4. The number of nitrogens with one attached hydrogen (secondary N) is 1. The molecule has 0 bridgehead atoms. The molecule has 4 nitrogen and oxygen atoms in total. The van der Waals surface area contributed by atoms with E-state index in [1.807, 2.05) is 29.2 Å². The fourth-order valence-corrected chi connectivity index (χ4v) is 3.82. The maximum atomic E-state index is 12.2. The Balaban J connectivity index is 1.39. The molecular formula is C17H20N2O2. The van der Waals surface area contributed by atoms with Crippen LogP contribution in [0.2, 0.25) is 0 Å². The van der Waals surface area contributed by atoms with Gasteiger partial charge in [0.1, 0.15) is 0 Å². The van der Waals surface area contributed by atoms with Crippen LogP contribution >= 0.6 is 0 Å². The van der Waals surface area contributed by atoms with Crippen molar-refractivity contribution in [2.75, 3.05) is 16.8 Å². The van der Waals surface area contributed by atoms with Crippen LogP contribution in [-0.2, 0) is 9.59 Å². The van der Waals surface area contributed by atoms with Crippen molar-refractivity contribution in [1.82, 2.24) is 0 Å². The van der Waals surface area contributed by atoms with E-state index < -0.39 is 0 Å². The van der Waals surface area contributed by atoms with Crippen molar-refractivity contribution < 1.29 is 9.59 Å². The SMILES string of the molecule is O=C(Nc1ccc(N2CCCC2=O)cc1)C1CC2CC2C1. The Labute approximate surface area is 124 Å². The zero-order valence-corrected chi connectivity index (χ0v) is 12.0. The quantitative estimate of drug-likeness (QED) is 0.928. The maximum Gasteiger partial charge on any atom is 0.227 e. The van der Waals surface area contributed by atoms with Gasteiger partial charge in [0.25, 0.3) is 0 Å². The van der Waals surface area contributed by atoms with Gasteiger partial charge in [0, 0.05) is 30.3 Å². The lowest BCUT2D eigenvalue weighted by molar-refractivity contribution is -0.120. The highest BCUT2D eigenvalue weighted by Gasteiger charge is 2.47. The lowest BCUT2D eigenvalue weighted by Gasteiger charge is -2.17. The van der Waals surface area contributed by atoms with Gasteiger partial charge in [-0.05, 0) is 61.8 Å². The van der Waals surface area contributed by atoms with Gasteiger partial charge < -0.3 is 10.2 Å². The van der Waals surface area contributed by atoms with Crippen LogP contribution in [0.25, 0.3) is 0 Å². The van der Waals surface area contributed by atoms with Gasteiger partial charge in [0.2, 0.25) is 11.8 Å². The summed E-state index contributed by atoms with van der Waals surface area (Å²) in [7, 11) is 0. The van der Waals surface area contributed by atoms with Gasteiger partial charge in [-0.15, -0.1) is 0 Å². The highest BCUT2D eigenvalue weighted by atomic mass is 16.2. The van der Waals surface area contributed by atoms with Crippen LogP contribution in [-0.4, -0.2) is 18.4 Å². The summed E-state index contributed by atoms with van der Waals surface area (Å²) in [6.45, 7) is 0.801. The second-order valence-corrected chi connectivity index (χ2v) is 6.61. The molecule has 2 amide bonds. The van der Waals surface area contributed by atoms with E-state index in [1.165, 1.54) is 6.42 Å². The third-order valence-electron chi connectivity index (χ3n) is 5.13. The standard InChI is InChI=1S/C17H20N2O2/c20-16-2-1-7-19(16)15-5-3-14(4-6-15)18-17(21)13-9-11-8-12(11)10-13/h3-6,11-13H,1-2,7-10H2,(H,18,21). The number of hydrogen-bond donors (Lipinski definition) is 1. The zero-order valence-electron chi connectivity index (χ0n) is 12.0. The van der Waals surface area contributed by atoms with Crippen LogP contribution in [0.15, 0.2) is 24.3 Å². The van der Waals surface area contributed by atoms with Crippen molar-refractivity contribution in [3.8, 4) is 0 Å². The molecule has 2 saturated carbocycles. The molecule has 21 heavy (non-hydrogen) atoms. The molecule has 2 atom stereocenters. The fourth-order valence-electron chi connectivity index (χ4n) is 3.82. The summed E-state index contributed by atoms with van der Waals surface area (Å²) in [6, 6.07) is 7.64. The lowest BCUT2D eigenvalue weighted by Crippen LogP contribution is -2.24.